The Hall–Kier alpha value is -1.52. The molecule has 0 aromatic heterocycles. The van der Waals surface area contributed by atoms with Crippen LogP contribution in [-0.2, 0) is 9.59 Å². The van der Waals surface area contributed by atoms with E-state index < -0.39 is 17.9 Å². The van der Waals surface area contributed by atoms with E-state index in [-0.39, 0.29) is 0 Å². The number of hydrogen-bond acceptors (Lipinski definition) is 3. The Kier molecular flexibility index (Phi) is 1.57. The van der Waals surface area contributed by atoms with Crippen molar-refractivity contribution in [1.82, 2.24) is 0 Å². The molecule has 1 aliphatic heterocycles. The lowest BCUT2D eigenvalue weighted by Crippen LogP contribution is -2.28. The lowest BCUT2D eigenvalue weighted by molar-refractivity contribution is -0.141. The average molecular weight is 140 g/mol. The van der Waals surface area contributed by atoms with E-state index in [1.165, 1.54) is 12.4 Å². The van der Waals surface area contributed by atoms with Crippen molar-refractivity contribution >= 4 is 24.3 Å². The molecule has 10 heavy (non-hydrogen) atoms. The zero-order chi connectivity index (χ0) is 7.56. The predicted molar refractivity (Wildman–Crippen MR) is 33.4 cm³/mol. The molecule has 0 saturated carbocycles. The normalized spacial score (nSPS) is 23.2. The Morgan fingerprint density at radius 1 is 1.60 bits per heavy atom. The Balaban J connectivity index is 2.80. The largest absolute Gasteiger partial charge is 0.479 e. The van der Waals surface area contributed by atoms with E-state index in [9.17, 15) is 9.59 Å². The highest BCUT2D eigenvalue weighted by molar-refractivity contribution is 6.24. The maximum absolute atomic E-state index is 10.5. The van der Waals surface area contributed by atoms with Gasteiger partial charge in [-0.05, 0) is 0 Å². The summed E-state index contributed by atoms with van der Waals surface area (Å²) in [6, 6.07) is -1.33. The molecule has 1 aliphatic rings. The first-order valence-electron chi connectivity index (χ1n) is 2.54. The Bertz CT molecular complexity index is 231. The quantitative estimate of drug-likeness (QED) is 0.480. The summed E-state index contributed by atoms with van der Waals surface area (Å²) < 4.78 is 0. The van der Waals surface area contributed by atoms with Crippen LogP contribution in [-0.4, -0.2) is 35.5 Å². The standard InChI is InChI=1S/C5H4N2O3/c8-4-3(5(9)10)6-1-2-7-4/h1-3H,(H,9,10)/t3-/m1/s1. The predicted octanol–water partition coefficient (Wildman–Crippen LogP) is -0.879. The highest BCUT2D eigenvalue weighted by Crippen LogP contribution is 1.96. The molecule has 1 N–H and O–H groups in total. The van der Waals surface area contributed by atoms with Crippen LogP contribution in [0, 0.1) is 0 Å². The first-order valence-corrected chi connectivity index (χ1v) is 2.54. The third-order valence-corrected chi connectivity index (χ3v) is 0.971. The summed E-state index contributed by atoms with van der Waals surface area (Å²) >= 11 is 0. The molecule has 0 fully saturated rings. The molecular formula is C5H4N2O3. The molecule has 0 saturated heterocycles. The second-order valence-electron chi connectivity index (χ2n) is 1.66. The maximum atomic E-state index is 10.5. The van der Waals surface area contributed by atoms with Crippen LogP contribution >= 0.6 is 0 Å². The fourth-order valence-electron chi connectivity index (χ4n) is 0.535. The van der Waals surface area contributed by atoms with E-state index in [4.69, 9.17) is 5.11 Å². The lowest BCUT2D eigenvalue weighted by Gasteiger charge is -2.02. The second kappa shape index (κ2) is 2.38. The van der Waals surface area contributed by atoms with Gasteiger partial charge >= 0.3 is 5.97 Å². The van der Waals surface area contributed by atoms with Gasteiger partial charge in [-0.25, -0.2) is 9.79 Å². The molecule has 0 aliphatic carbocycles. The molecule has 0 unspecified atom stereocenters. The average Bonchev–Trinajstić information content (AvgIpc) is 1.88. The number of carbonyl (C=O) groups is 2. The Morgan fingerprint density at radius 2 is 2.30 bits per heavy atom. The zero-order valence-corrected chi connectivity index (χ0v) is 4.89. The van der Waals surface area contributed by atoms with Gasteiger partial charge in [-0.1, -0.05) is 0 Å². The molecule has 0 spiro atoms. The van der Waals surface area contributed by atoms with Gasteiger partial charge in [0.25, 0.3) is 5.91 Å². The van der Waals surface area contributed by atoms with E-state index in [1.807, 2.05) is 0 Å². The van der Waals surface area contributed by atoms with Gasteiger partial charge in [0.15, 0.2) is 0 Å². The molecule has 1 amide bonds. The minimum Gasteiger partial charge on any atom is -0.479 e. The molecule has 1 heterocycles. The van der Waals surface area contributed by atoms with E-state index in [0.29, 0.717) is 0 Å². The van der Waals surface area contributed by atoms with Gasteiger partial charge in [-0.2, -0.15) is 0 Å². The number of hydrogen-bond donors (Lipinski definition) is 1. The molecule has 1 atom stereocenters. The van der Waals surface area contributed by atoms with Gasteiger partial charge in [0.1, 0.15) is 0 Å². The monoisotopic (exact) mass is 140 g/mol. The topological polar surface area (TPSA) is 79.1 Å². The Morgan fingerprint density at radius 3 is 2.70 bits per heavy atom. The van der Waals surface area contributed by atoms with Crippen molar-refractivity contribution in [1.29, 1.82) is 0 Å². The number of carboxylic acid groups (broad SMARTS) is 1. The summed E-state index contributed by atoms with van der Waals surface area (Å²) in [5, 5.41) is 8.30. The number of carboxylic acids is 1. The van der Waals surface area contributed by atoms with Gasteiger partial charge in [-0.3, -0.25) is 9.79 Å². The molecule has 5 heteroatoms. The van der Waals surface area contributed by atoms with Gasteiger partial charge in [0.05, 0.1) is 0 Å². The molecule has 52 valence electrons. The summed E-state index contributed by atoms with van der Waals surface area (Å²) in [6.45, 7) is 0. The van der Waals surface area contributed by atoms with Crippen LogP contribution in [0.25, 0.3) is 0 Å². The van der Waals surface area contributed by atoms with Crippen LogP contribution in [0.5, 0.6) is 0 Å². The third-order valence-electron chi connectivity index (χ3n) is 0.971. The van der Waals surface area contributed by atoms with E-state index in [0.717, 1.165) is 0 Å². The van der Waals surface area contributed by atoms with Crippen molar-refractivity contribution in [3.63, 3.8) is 0 Å². The molecule has 0 aromatic carbocycles. The number of aliphatic imine (C=N–C) groups is 2. The summed E-state index contributed by atoms with van der Waals surface area (Å²) in [7, 11) is 0. The van der Waals surface area contributed by atoms with Crippen molar-refractivity contribution in [3.05, 3.63) is 0 Å². The molecular weight excluding hydrogens is 136 g/mol. The first kappa shape index (κ1) is 6.60. The minimum absolute atomic E-state index is 0.727. The minimum atomic E-state index is -1.33. The van der Waals surface area contributed by atoms with Crippen LogP contribution in [0.2, 0.25) is 0 Å². The van der Waals surface area contributed by atoms with E-state index in [1.54, 1.807) is 0 Å². The number of rotatable bonds is 1. The van der Waals surface area contributed by atoms with Crippen LogP contribution < -0.4 is 0 Å². The van der Waals surface area contributed by atoms with Gasteiger partial charge in [-0.15, -0.1) is 0 Å². The van der Waals surface area contributed by atoms with Gasteiger partial charge in [0.2, 0.25) is 6.04 Å². The lowest BCUT2D eigenvalue weighted by atomic mass is 10.3. The molecule has 1 rings (SSSR count). The molecule has 0 aromatic rings. The Labute approximate surface area is 56.1 Å². The van der Waals surface area contributed by atoms with Gasteiger partial charge in [0, 0.05) is 12.4 Å². The molecule has 0 radical (unpaired) electrons. The number of aliphatic carboxylic acids is 1. The highest BCUT2D eigenvalue weighted by Gasteiger charge is 2.25. The summed E-state index contributed by atoms with van der Waals surface area (Å²) in [5.74, 6) is -1.99. The summed E-state index contributed by atoms with van der Waals surface area (Å²) in [5.41, 5.74) is 0. The SMILES string of the molecule is O=C(O)[C@@H]1N=CC=NC1=O. The van der Waals surface area contributed by atoms with Crippen molar-refractivity contribution in [2.75, 3.05) is 0 Å². The fraction of sp³-hybridized carbons (Fsp3) is 0.200. The highest BCUT2D eigenvalue weighted by atomic mass is 16.4. The molecule has 5 nitrogen and oxygen atoms in total. The number of nitrogens with zero attached hydrogens (tertiary/aromatic N) is 2. The fourth-order valence-corrected chi connectivity index (χ4v) is 0.535. The summed E-state index contributed by atoms with van der Waals surface area (Å²) in [4.78, 5) is 27.3. The van der Waals surface area contributed by atoms with Crippen molar-refractivity contribution in [2.24, 2.45) is 9.98 Å². The van der Waals surface area contributed by atoms with E-state index in [2.05, 4.69) is 9.98 Å². The number of carbonyl (C=O) groups excluding carboxylic acids is 1. The van der Waals surface area contributed by atoms with Crippen molar-refractivity contribution in [2.45, 2.75) is 6.04 Å². The van der Waals surface area contributed by atoms with Gasteiger partial charge < -0.3 is 5.11 Å². The zero-order valence-electron chi connectivity index (χ0n) is 4.89. The number of amides is 1. The third kappa shape index (κ3) is 1.07. The van der Waals surface area contributed by atoms with Crippen LogP contribution in [0.15, 0.2) is 9.98 Å². The van der Waals surface area contributed by atoms with Crippen LogP contribution in [0.1, 0.15) is 0 Å². The molecule has 0 bridgehead atoms. The van der Waals surface area contributed by atoms with Crippen LogP contribution in [0.3, 0.4) is 0 Å². The first-order chi connectivity index (χ1) is 4.72. The van der Waals surface area contributed by atoms with Crippen molar-refractivity contribution < 1.29 is 14.7 Å². The van der Waals surface area contributed by atoms with Crippen LogP contribution in [0.4, 0.5) is 0 Å². The second-order valence-corrected chi connectivity index (χ2v) is 1.66. The summed E-state index contributed by atoms with van der Waals surface area (Å²) in [6.07, 6.45) is 2.36. The maximum Gasteiger partial charge on any atom is 0.338 e. The smallest absolute Gasteiger partial charge is 0.338 e. The van der Waals surface area contributed by atoms with E-state index >= 15 is 0 Å². The van der Waals surface area contributed by atoms with Crippen molar-refractivity contribution in [3.8, 4) is 0 Å².